The minimum absolute atomic E-state index is 0.0807. The quantitative estimate of drug-likeness (QED) is 0.237. The summed E-state index contributed by atoms with van der Waals surface area (Å²) in [6.45, 7) is 0.556. The minimum Gasteiger partial charge on any atom is -0.382 e. The van der Waals surface area contributed by atoms with Gasteiger partial charge in [-0.25, -0.2) is 15.0 Å². The lowest BCUT2D eigenvalue weighted by Crippen LogP contribution is -2.34. The van der Waals surface area contributed by atoms with Crippen molar-refractivity contribution in [1.29, 1.82) is 0 Å². The Kier molecular flexibility index (Phi) is 6.38. The molecule has 1 aliphatic heterocycles. The third-order valence-corrected chi connectivity index (χ3v) is 9.34. The van der Waals surface area contributed by atoms with Crippen molar-refractivity contribution in [1.82, 2.24) is 24.3 Å². The van der Waals surface area contributed by atoms with Gasteiger partial charge in [-0.05, 0) is 49.8 Å². The molecule has 3 aromatic heterocycles. The number of pyridine rings is 1. The molecule has 2 aliphatic rings. The van der Waals surface area contributed by atoms with Gasteiger partial charge in [-0.1, -0.05) is 66.7 Å². The maximum Gasteiger partial charge on any atom is 0.256 e. The standard InChI is InChI=1S/C36H32N6O2/c37-33-32-31(26-15-14-24-16-17-29(39-30(24)20-26)23-6-2-1-3-7-23)40-34(41(32)19-18-38-33)25-12-10-22(11-13-25)21-42-35(43)27-8-4-5-9-28(27)36(42)44/h1-9,14-20,22,25,35,43H,10-13,21H2,(H2,37,38)/t22-,25-,35?. The van der Waals surface area contributed by atoms with E-state index in [1.54, 1.807) is 17.2 Å². The van der Waals surface area contributed by atoms with Gasteiger partial charge >= 0.3 is 0 Å². The van der Waals surface area contributed by atoms with Crippen LogP contribution in [0.2, 0.25) is 0 Å². The molecular weight excluding hydrogens is 548 g/mol. The number of carbonyl (C=O) groups excluding carboxylic acids is 1. The predicted octanol–water partition coefficient (Wildman–Crippen LogP) is 6.61. The monoisotopic (exact) mass is 580 g/mol. The molecule has 1 saturated carbocycles. The summed E-state index contributed by atoms with van der Waals surface area (Å²) in [6, 6.07) is 28.0. The molecule has 3 N–H and O–H groups in total. The molecule has 1 unspecified atom stereocenters. The lowest BCUT2D eigenvalue weighted by atomic mass is 9.81. The largest absolute Gasteiger partial charge is 0.382 e. The number of rotatable bonds is 5. The number of aliphatic hydroxyl groups is 1. The Labute approximate surface area is 254 Å². The van der Waals surface area contributed by atoms with Crippen molar-refractivity contribution in [3.05, 3.63) is 114 Å². The first-order valence-corrected chi connectivity index (χ1v) is 15.2. The fourth-order valence-electron chi connectivity index (χ4n) is 7.03. The van der Waals surface area contributed by atoms with Crippen LogP contribution in [0.25, 0.3) is 38.9 Å². The van der Waals surface area contributed by atoms with E-state index in [1.165, 1.54) is 0 Å². The summed E-state index contributed by atoms with van der Waals surface area (Å²) in [7, 11) is 0. The smallest absolute Gasteiger partial charge is 0.256 e. The third-order valence-electron chi connectivity index (χ3n) is 9.34. The normalized spacial score (nSPS) is 20.0. The molecule has 4 heterocycles. The number of hydrogen-bond acceptors (Lipinski definition) is 6. The maximum absolute atomic E-state index is 13.0. The van der Waals surface area contributed by atoms with Crippen LogP contribution in [0.4, 0.5) is 5.82 Å². The number of anilines is 1. The van der Waals surface area contributed by atoms with Crippen LogP contribution in [-0.2, 0) is 0 Å². The number of fused-ring (bicyclic) bond motifs is 3. The Balaban J connectivity index is 1.07. The summed E-state index contributed by atoms with van der Waals surface area (Å²) in [5.74, 6) is 1.92. The number of imidazole rings is 1. The first-order chi connectivity index (χ1) is 21.5. The Morgan fingerprint density at radius 2 is 1.64 bits per heavy atom. The SMILES string of the molecule is Nc1nccn2c1c(-c1ccc3ccc(-c4ccccc4)nc3c1)nc2[C@H]1CC[C@H](CN2C(=O)c3ccccc3C2O)CC1. The van der Waals surface area contributed by atoms with Gasteiger partial charge in [0.05, 0.1) is 11.2 Å². The molecule has 44 heavy (non-hydrogen) atoms. The Morgan fingerprint density at radius 3 is 2.45 bits per heavy atom. The number of nitrogens with zero attached hydrogens (tertiary/aromatic N) is 5. The number of nitrogen functional groups attached to an aromatic ring is 1. The van der Waals surface area contributed by atoms with Gasteiger partial charge in [0.25, 0.3) is 5.91 Å². The van der Waals surface area contributed by atoms with Gasteiger partial charge in [0.2, 0.25) is 0 Å². The number of amides is 1. The van der Waals surface area contributed by atoms with Crippen LogP contribution >= 0.6 is 0 Å². The van der Waals surface area contributed by atoms with Crippen molar-refractivity contribution < 1.29 is 9.90 Å². The van der Waals surface area contributed by atoms with E-state index >= 15 is 0 Å². The van der Waals surface area contributed by atoms with E-state index in [-0.39, 0.29) is 11.8 Å². The van der Waals surface area contributed by atoms with Gasteiger partial charge in [0.15, 0.2) is 6.23 Å². The molecule has 0 radical (unpaired) electrons. The molecule has 1 fully saturated rings. The molecule has 218 valence electrons. The van der Waals surface area contributed by atoms with Crippen molar-refractivity contribution in [2.75, 3.05) is 12.3 Å². The molecule has 1 atom stereocenters. The molecule has 0 bridgehead atoms. The first-order valence-electron chi connectivity index (χ1n) is 15.2. The highest BCUT2D eigenvalue weighted by Crippen LogP contribution is 2.41. The second kappa shape index (κ2) is 10.6. The van der Waals surface area contributed by atoms with Crippen molar-refractivity contribution in [2.24, 2.45) is 5.92 Å². The molecular formula is C36H32N6O2. The van der Waals surface area contributed by atoms with Crippen LogP contribution in [0.15, 0.2) is 97.3 Å². The van der Waals surface area contributed by atoms with Crippen LogP contribution in [0.1, 0.15) is 59.6 Å². The Bertz CT molecular complexity index is 2030. The van der Waals surface area contributed by atoms with Crippen molar-refractivity contribution in [2.45, 2.75) is 37.8 Å². The highest BCUT2D eigenvalue weighted by molar-refractivity contribution is 5.99. The minimum atomic E-state index is -0.870. The van der Waals surface area contributed by atoms with Gasteiger partial charge in [0.1, 0.15) is 22.9 Å². The summed E-state index contributed by atoms with van der Waals surface area (Å²) < 4.78 is 2.10. The maximum atomic E-state index is 13.0. The van der Waals surface area contributed by atoms with E-state index in [9.17, 15) is 9.90 Å². The van der Waals surface area contributed by atoms with E-state index in [0.717, 1.165) is 70.4 Å². The fourth-order valence-corrected chi connectivity index (χ4v) is 7.03. The van der Waals surface area contributed by atoms with E-state index in [1.807, 2.05) is 42.6 Å². The van der Waals surface area contributed by atoms with Crippen LogP contribution < -0.4 is 5.73 Å². The number of hydrogen-bond donors (Lipinski definition) is 2. The molecule has 0 saturated heterocycles. The van der Waals surface area contributed by atoms with Crippen LogP contribution in [0.5, 0.6) is 0 Å². The van der Waals surface area contributed by atoms with Crippen molar-refractivity contribution in [3.63, 3.8) is 0 Å². The number of aliphatic hydroxyl groups excluding tert-OH is 1. The zero-order chi connectivity index (χ0) is 29.8. The van der Waals surface area contributed by atoms with Gasteiger partial charge in [-0.2, -0.15) is 0 Å². The highest BCUT2D eigenvalue weighted by atomic mass is 16.3. The first kappa shape index (κ1) is 26.5. The van der Waals surface area contributed by atoms with Gasteiger partial charge in [-0.3, -0.25) is 9.20 Å². The van der Waals surface area contributed by atoms with Crippen LogP contribution in [0, 0.1) is 5.92 Å². The Hall–Kier alpha value is -5.08. The average molecular weight is 581 g/mol. The highest BCUT2D eigenvalue weighted by Gasteiger charge is 2.37. The lowest BCUT2D eigenvalue weighted by molar-refractivity contribution is 0.00763. The predicted molar refractivity (Wildman–Crippen MR) is 171 cm³/mol. The lowest BCUT2D eigenvalue weighted by Gasteiger charge is -2.32. The molecule has 3 aromatic carbocycles. The van der Waals surface area contributed by atoms with Gasteiger partial charge < -0.3 is 15.7 Å². The van der Waals surface area contributed by atoms with Crippen molar-refractivity contribution >= 4 is 28.1 Å². The fraction of sp³-hybridized carbons (Fsp3) is 0.222. The second-order valence-corrected chi connectivity index (χ2v) is 12.0. The number of carbonyl (C=O) groups is 1. The van der Waals surface area contributed by atoms with E-state index < -0.39 is 6.23 Å². The van der Waals surface area contributed by atoms with Gasteiger partial charge in [0, 0.05) is 52.5 Å². The van der Waals surface area contributed by atoms with Gasteiger partial charge in [-0.15, -0.1) is 0 Å². The number of nitrogens with two attached hydrogens (primary N) is 1. The number of benzene rings is 3. The number of aromatic nitrogens is 4. The molecule has 0 spiro atoms. The topological polar surface area (TPSA) is 110 Å². The van der Waals surface area contributed by atoms with E-state index in [2.05, 4.69) is 51.8 Å². The molecule has 8 rings (SSSR count). The molecule has 6 aromatic rings. The molecule has 8 heteroatoms. The third kappa shape index (κ3) is 4.41. The second-order valence-electron chi connectivity index (χ2n) is 12.0. The van der Waals surface area contributed by atoms with E-state index in [0.29, 0.717) is 29.4 Å². The summed E-state index contributed by atoms with van der Waals surface area (Å²) in [5, 5.41) is 11.9. The molecule has 1 aliphatic carbocycles. The average Bonchev–Trinajstić information content (AvgIpc) is 3.58. The van der Waals surface area contributed by atoms with Crippen LogP contribution in [0.3, 0.4) is 0 Å². The van der Waals surface area contributed by atoms with E-state index in [4.69, 9.17) is 15.7 Å². The Morgan fingerprint density at radius 1 is 0.864 bits per heavy atom. The zero-order valence-corrected chi connectivity index (χ0v) is 24.2. The molecule has 8 nitrogen and oxygen atoms in total. The van der Waals surface area contributed by atoms with Crippen molar-refractivity contribution in [3.8, 4) is 22.5 Å². The summed E-state index contributed by atoms with van der Waals surface area (Å²) in [4.78, 5) is 29.2. The summed E-state index contributed by atoms with van der Waals surface area (Å²) >= 11 is 0. The summed E-state index contributed by atoms with van der Waals surface area (Å²) in [5.41, 5.74) is 13.3. The summed E-state index contributed by atoms with van der Waals surface area (Å²) in [6.07, 6.45) is 6.59. The van der Waals surface area contributed by atoms with Crippen LogP contribution in [-0.4, -0.2) is 41.8 Å². The molecule has 1 amide bonds. The zero-order valence-electron chi connectivity index (χ0n) is 24.2.